The number of aromatic nitrogens is 1. The summed E-state index contributed by atoms with van der Waals surface area (Å²) in [7, 11) is 0. The third kappa shape index (κ3) is 2.35. The van der Waals surface area contributed by atoms with Crippen molar-refractivity contribution in [2.75, 3.05) is 11.4 Å². The van der Waals surface area contributed by atoms with Crippen LogP contribution in [0.1, 0.15) is 44.1 Å². The van der Waals surface area contributed by atoms with Gasteiger partial charge in [0.15, 0.2) is 0 Å². The van der Waals surface area contributed by atoms with Crippen molar-refractivity contribution >= 4 is 17.4 Å². The number of anilines is 1. The molecule has 1 atom stereocenters. The molecule has 18 heavy (non-hydrogen) atoms. The van der Waals surface area contributed by atoms with Crippen LogP contribution in [0, 0.1) is 5.92 Å². The van der Waals surface area contributed by atoms with Crippen molar-refractivity contribution in [1.82, 2.24) is 4.98 Å². The Balaban J connectivity index is 1.80. The molecule has 1 saturated heterocycles. The fourth-order valence-corrected chi connectivity index (χ4v) is 3.78. The summed E-state index contributed by atoms with van der Waals surface area (Å²) in [6.07, 6.45) is 10.2. The van der Waals surface area contributed by atoms with E-state index < -0.39 is 0 Å². The highest BCUT2D eigenvalue weighted by molar-refractivity contribution is 6.17. The van der Waals surface area contributed by atoms with Crippen LogP contribution in [0.4, 0.5) is 5.82 Å². The van der Waals surface area contributed by atoms with Crippen molar-refractivity contribution < 1.29 is 0 Å². The maximum atomic E-state index is 5.92. The number of alkyl halides is 1. The third-order valence-corrected chi connectivity index (χ3v) is 4.81. The number of nitrogens with zero attached hydrogens (tertiary/aromatic N) is 2. The fourth-order valence-electron chi connectivity index (χ4n) is 3.61. The fraction of sp³-hybridized carbons (Fsp3) is 0.667. The van der Waals surface area contributed by atoms with Gasteiger partial charge in [-0.2, -0.15) is 0 Å². The number of hydrogen-bond donors (Lipinski definition) is 0. The zero-order valence-corrected chi connectivity index (χ0v) is 11.6. The van der Waals surface area contributed by atoms with Crippen LogP contribution < -0.4 is 4.90 Å². The van der Waals surface area contributed by atoms with E-state index >= 15 is 0 Å². The van der Waals surface area contributed by atoms with E-state index in [4.69, 9.17) is 11.6 Å². The molecule has 1 aliphatic carbocycles. The van der Waals surface area contributed by atoms with Gasteiger partial charge in [-0.05, 0) is 49.3 Å². The van der Waals surface area contributed by atoms with Crippen LogP contribution in [0.3, 0.4) is 0 Å². The lowest BCUT2D eigenvalue weighted by Crippen LogP contribution is -2.35. The molecule has 0 N–H and O–H groups in total. The highest BCUT2D eigenvalue weighted by Crippen LogP contribution is 2.37. The summed E-state index contributed by atoms with van der Waals surface area (Å²) >= 11 is 5.92. The Morgan fingerprint density at radius 2 is 2.06 bits per heavy atom. The molecule has 1 unspecified atom stereocenters. The summed E-state index contributed by atoms with van der Waals surface area (Å²) < 4.78 is 0. The zero-order valence-electron chi connectivity index (χ0n) is 10.8. The van der Waals surface area contributed by atoms with E-state index in [1.54, 1.807) is 0 Å². The molecule has 2 heterocycles. The van der Waals surface area contributed by atoms with Crippen LogP contribution >= 0.6 is 11.6 Å². The van der Waals surface area contributed by atoms with Crippen molar-refractivity contribution in [3.05, 3.63) is 23.9 Å². The van der Waals surface area contributed by atoms with E-state index in [9.17, 15) is 0 Å². The Morgan fingerprint density at radius 1 is 1.22 bits per heavy atom. The smallest absolute Gasteiger partial charge is 0.129 e. The van der Waals surface area contributed by atoms with E-state index in [1.807, 2.05) is 12.3 Å². The first-order chi connectivity index (χ1) is 8.88. The van der Waals surface area contributed by atoms with Gasteiger partial charge >= 0.3 is 0 Å². The first-order valence-electron chi connectivity index (χ1n) is 7.16. The Kier molecular flexibility index (Phi) is 3.74. The lowest BCUT2D eigenvalue weighted by Gasteiger charge is -2.30. The van der Waals surface area contributed by atoms with E-state index in [-0.39, 0.29) is 0 Å². The molecule has 2 aliphatic rings. The molecule has 3 heteroatoms. The Morgan fingerprint density at radius 3 is 2.83 bits per heavy atom. The molecule has 1 aromatic heterocycles. The van der Waals surface area contributed by atoms with Crippen LogP contribution in [0.25, 0.3) is 0 Å². The molecular weight excluding hydrogens is 244 g/mol. The number of halogens is 1. The van der Waals surface area contributed by atoms with Gasteiger partial charge in [0.25, 0.3) is 0 Å². The van der Waals surface area contributed by atoms with Crippen molar-refractivity contribution in [1.29, 1.82) is 0 Å². The van der Waals surface area contributed by atoms with Gasteiger partial charge in [0.05, 0.1) is 0 Å². The van der Waals surface area contributed by atoms with Gasteiger partial charge in [-0.1, -0.05) is 12.8 Å². The van der Waals surface area contributed by atoms with Gasteiger partial charge in [-0.3, -0.25) is 0 Å². The number of pyridine rings is 1. The van der Waals surface area contributed by atoms with Gasteiger partial charge in [0, 0.05) is 24.7 Å². The van der Waals surface area contributed by atoms with Crippen molar-refractivity contribution in [2.45, 2.75) is 50.4 Å². The average molecular weight is 265 g/mol. The van der Waals surface area contributed by atoms with Gasteiger partial charge in [0.2, 0.25) is 0 Å². The molecule has 0 amide bonds. The second-order valence-corrected chi connectivity index (χ2v) is 5.87. The van der Waals surface area contributed by atoms with Crippen LogP contribution in [-0.2, 0) is 5.88 Å². The zero-order chi connectivity index (χ0) is 12.4. The minimum atomic E-state index is 0.581. The minimum Gasteiger partial charge on any atom is -0.353 e. The van der Waals surface area contributed by atoms with Crippen molar-refractivity contribution in [2.24, 2.45) is 5.92 Å². The molecular formula is C15H21ClN2. The topological polar surface area (TPSA) is 16.1 Å². The monoisotopic (exact) mass is 264 g/mol. The first kappa shape index (κ1) is 12.3. The molecule has 0 spiro atoms. The second-order valence-electron chi connectivity index (χ2n) is 5.60. The SMILES string of the molecule is ClCc1ccnc(N2CCCC2C2CCCC2)c1. The first-order valence-corrected chi connectivity index (χ1v) is 7.69. The van der Waals surface area contributed by atoms with Gasteiger partial charge in [-0.25, -0.2) is 4.98 Å². The van der Waals surface area contributed by atoms with Crippen molar-refractivity contribution in [3.8, 4) is 0 Å². The minimum absolute atomic E-state index is 0.581. The maximum Gasteiger partial charge on any atom is 0.129 e. The summed E-state index contributed by atoms with van der Waals surface area (Å²) in [5.74, 6) is 2.62. The lowest BCUT2D eigenvalue weighted by molar-refractivity contribution is 0.429. The van der Waals surface area contributed by atoms with E-state index in [0.717, 1.165) is 17.8 Å². The maximum absolute atomic E-state index is 5.92. The summed E-state index contributed by atoms with van der Waals surface area (Å²) in [6.45, 7) is 1.17. The average Bonchev–Trinajstić information content (AvgIpc) is 3.09. The molecule has 2 nitrogen and oxygen atoms in total. The van der Waals surface area contributed by atoms with Gasteiger partial charge < -0.3 is 4.90 Å². The number of rotatable bonds is 3. The largest absolute Gasteiger partial charge is 0.353 e. The standard InChI is InChI=1S/C15H21ClN2/c16-11-12-7-8-17-15(10-12)18-9-3-6-14(18)13-4-1-2-5-13/h7-8,10,13-14H,1-6,9,11H2. The predicted octanol–water partition coefficient (Wildman–Crippen LogP) is 3.98. The van der Waals surface area contributed by atoms with Gasteiger partial charge in [0.1, 0.15) is 5.82 Å². The molecule has 1 aliphatic heterocycles. The van der Waals surface area contributed by atoms with E-state index in [0.29, 0.717) is 5.88 Å². The molecule has 1 aromatic rings. The van der Waals surface area contributed by atoms with Crippen LogP contribution in [0.15, 0.2) is 18.3 Å². The summed E-state index contributed by atoms with van der Waals surface area (Å²) in [4.78, 5) is 7.09. The van der Waals surface area contributed by atoms with Gasteiger partial charge in [-0.15, -0.1) is 11.6 Å². The summed E-state index contributed by atoms with van der Waals surface area (Å²) in [5.41, 5.74) is 1.18. The highest BCUT2D eigenvalue weighted by atomic mass is 35.5. The molecule has 0 bridgehead atoms. The van der Waals surface area contributed by atoms with E-state index in [2.05, 4.69) is 16.0 Å². The van der Waals surface area contributed by atoms with E-state index in [1.165, 1.54) is 50.6 Å². The van der Waals surface area contributed by atoms with Crippen LogP contribution in [0.5, 0.6) is 0 Å². The normalized spacial score (nSPS) is 24.9. The van der Waals surface area contributed by atoms with Crippen LogP contribution in [0.2, 0.25) is 0 Å². The van der Waals surface area contributed by atoms with Crippen molar-refractivity contribution in [3.63, 3.8) is 0 Å². The Hall–Kier alpha value is -0.760. The quantitative estimate of drug-likeness (QED) is 0.768. The molecule has 3 rings (SSSR count). The third-order valence-electron chi connectivity index (χ3n) is 4.50. The molecule has 1 saturated carbocycles. The second kappa shape index (κ2) is 5.48. The molecule has 98 valence electrons. The molecule has 0 aromatic carbocycles. The number of hydrogen-bond acceptors (Lipinski definition) is 2. The molecule has 0 radical (unpaired) electrons. The predicted molar refractivity (Wildman–Crippen MR) is 76.1 cm³/mol. The molecule has 2 fully saturated rings. The summed E-state index contributed by atoms with van der Waals surface area (Å²) in [6, 6.07) is 4.91. The summed E-state index contributed by atoms with van der Waals surface area (Å²) in [5, 5.41) is 0. The Bertz CT molecular complexity index is 401. The van der Waals surface area contributed by atoms with Crippen LogP contribution in [-0.4, -0.2) is 17.6 Å². The highest BCUT2D eigenvalue weighted by Gasteiger charge is 2.33. The lowest BCUT2D eigenvalue weighted by atomic mass is 9.96. The Labute approximate surface area is 114 Å².